The molecule has 2 aromatic carbocycles. The number of amides is 1. The fourth-order valence-electron chi connectivity index (χ4n) is 1.82. The summed E-state index contributed by atoms with van der Waals surface area (Å²) in [6, 6.07) is 13.2. The minimum Gasteiger partial charge on any atom is -0.323 e. The zero-order chi connectivity index (χ0) is 16.9. The van der Waals surface area contributed by atoms with Crippen LogP contribution < -0.4 is 5.32 Å². The SMILES string of the molecule is CNC(=O)ON=C(c1ccccc1)c1ccc(C(F)(F)F)cc1. The average Bonchev–Trinajstić information content (AvgIpc) is 2.55. The zero-order valence-electron chi connectivity index (χ0n) is 12.1. The van der Waals surface area contributed by atoms with E-state index in [4.69, 9.17) is 0 Å². The Morgan fingerprint density at radius 3 is 2.09 bits per heavy atom. The maximum atomic E-state index is 12.6. The number of hydrogen-bond donors (Lipinski definition) is 1. The van der Waals surface area contributed by atoms with Gasteiger partial charge in [-0.1, -0.05) is 47.6 Å². The molecule has 0 saturated carbocycles. The molecule has 0 atom stereocenters. The van der Waals surface area contributed by atoms with Crippen LogP contribution in [0.2, 0.25) is 0 Å². The molecule has 7 heteroatoms. The molecule has 2 aromatic rings. The number of oxime groups is 1. The summed E-state index contributed by atoms with van der Waals surface area (Å²) in [5.74, 6) is 0. The number of benzene rings is 2. The summed E-state index contributed by atoms with van der Waals surface area (Å²) in [7, 11) is 1.37. The van der Waals surface area contributed by atoms with E-state index in [9.17, 15) is 18.0 Å². The number of carbonyl (C=O) groups is 1. The molecular weight excluding hydrogens is 309 g/mol. The predicted octanol–water partition coefficient (Wildman–Crippen LogP) is 3.81. The van der Waals surface area contributed by atoms with Crippen LogP contribution in [-0.4, -0.2) is 18.9 Å². The van der Waals surface area contributed by atoms with Gasteiger partial charge in [0.25, 0.3) is 0 Å². The first-order chi connectivity index (χ1) is 10.9. The number of carbonyl (C=O) groups excluding carboxylic acids is 1. The van der Waals surface area contributed by atoms with Crippen LogP contribution >= 0.6 is 0 Å². The molecule has 2 rings (SSSR count). The summed E-state index contributed by atoms with van der Waals surface area (Å²) in [5, 5.41) is 5.99. The van der Waals surface area contributed by atoms with Crippen LogP contribution in [0.3, 0.4) is 0 Å². The van der Waals surface area contributed by atoms with Crippen LogP contribution in [0.15, 0.2) is 59.8 Å². The third kappa shape index (κ3) is 4.32. The van der Waals surface area contributed by atoms with Crippen molar-refractivity contribution >= 4 is 11.8 Å². The van der Waals surface area contributed by atoms with Crippen molar-refractivity contribution in [1.82, 2.24) is 5.32 Å². The fraction of sp³-hybridized carbons (Fsp3) is 0.125. The fourth-order valence-corrected chi connectivity index (χ4v) is 1.82. The molecule has 1 amide bonds. The van der Waals surface area contributed by atoms with Gasteiger partial charge in [0, 0.05) is 18.2 Å². The highest BCUT2D eigenvalue weighted by Gasteiger charge is 2.30. The van der Waals surface area contributed by atoms with Gasteiger partial charge in [-0.3, -0.25) is 4.84 Å². The van der Waals surface area contributed by atoms with Gasteiger partial charge in [-0.25, -0.2) is 4.79 Å². The number of halogens is 3. The normalized spacial score (nSPS) is 11.9. The lowest BCUT2D eigenvalue weighted by molar-refractivity contribution is -0.137. The zero-order valence-corrected chi connectivity index (χ0v) is 12.1. The Kier molecular flexibility index (Phi) is 5.00. The molecule has 0 aliphatic rings. The number of nitrogens with one attached hydrogen (secondary N) is 1. The standard InChI is InChI=1S/C16H13F3N2O2/c1-20-15(22)23-21-14(11-5-3-2-4-6-11)12-7-9-13(10-8-12)16(17,18)19/h2-10H,1H3,(H,20,22). The summed E-state index contributed by atoms with van der Waals surface area (Å²) in [6.45, 7) is 0. The largest absolute Gasteiger partial charge is 0.433 e. The molecule has 0 unspecified atom stereocenters. The maximum absolute atomic E-state index is 12.6. The molecule has 1 N–H and O–H groups in total. The Morgan fingerprint density at radius 2 is 1.57 bits per heavy atom. The highest BCUT2D eigenvalue weighted by atomic mass is 19.4. The number of nitrogens with zero attached hydrogens (tertiary/aromatic N) is 1. The van der Waals surface area contributed by atoms with Crippen molar-refractivity contribution in [2.24, 2.45) is 5.16 Å². The highest BCUT2D eigenvalue weighted by Crippen LogP contribution is 2.29. The Morgan fingerprint density at radius 1 is 1.00 bits per heavy atom. The number of hydrogen-bond acceptors (Lipinski definition) is 3. The van der Waals surface area contributed by atoms with Crippen molar-refractivity contribution in [1.29, 1.82) is 0 Å². The lowest BCUT2D eigenvalue weighted by atomic mass is 10.0. The van der Waals surface area contributed by atoms with Gasteiger partial charge in [0.1, 0.15) is 5.71 Å². The third-order valence-electron chi connectivity index (χ3n) is 2.96. The van der Waals surface area contributed by atoms with Gasteiger partial charge in [-0.05, 0) is 12.1 Å². The minimum absolute atomic E-state index is 0.253. The topological polar surface area (TPSA) is 50.7 Å². The molecule has 0 bridgehead atoms. The quantitative estimate of drug-likeness (QED) is 0.531. The van der Waals surface area contributed by atoms with Crippen molar-refractivity contribution in [3.8, 4) is 0 Å². The van der Waals surface area contributed by atoms with Crippen molar-refractivity contribution in [3.63, 3.8) is 0 Å². The molecular formula is C16H13F3N2O2. The lowest BCUT2D eigenvalue weighted by Crippen LogP contribution is -2.18. The minimum atomic E-state index is -4.42. The molecule has 0 spiro atoms. The smallest absolute Gasteiger partial charge is 0.323 e. The van der Waals surface area contributed by atoms with E-state index < -0.39 is 17.8 Å². The second-order valence-electron chi connectivity index (χ2n) is 4.51. The van der Waals surface area contributed by atoms with Crippen LogP contribution in [0.5, 0.6) is 0 Å². The van der Waals surface area contributed by atoms with E-state index in [-0.39, 0.29) is 5.71 Å². The molecule has 0 aliphatic carbocycles. The summed E-state index contributed by atoms with van der Waals surface area (Å²) < 4.78 is 37.9. The molecule has 23 heavy (non-hydrogen) atoms. The van der Waals surface area contributed by atoms with Gasteiger partial charge >= 0.3 is 12.3 Å². The van der Waals surface area contributed by atoms with Gasteiger partial charge < -0.3 is 5.32 Å². The van der Waals surface area contributed by atoms with E-state index in [0.29, 0.717) is 11.1 Å². The van der Waals surface area contributed by atoms with E-state index >= 15 is 0 Å². The molecule has 0 fully saturated rings. The summed E-state index contributed by atoms with van der Waals surface area (Å²) in [5.41, 5.74) is 0.494. The molecule has 0 aromatic heterocycles. The number of alkyl halides is 3. The monoisotopic (exact) mass is 322 g/mol. The van der Waals surface area contributed by atoms with Gasteiger partial charge in [-0.2, -0.15) is 13.2 Å². The van der Waals surface area contributed by atoms with E-state index in [0.717, 1.165) is 12.1 Å². The van der Waals surface area contributed by atoms with Gasteiger partial charge in [0.15, 0.2) is 0 Å². The summed E-state index contributed by atoms with van der Waals surface area (Å²) >= 11 is 0. The van der Waals surface area contributed by atoms with E-state index in [1.165, 1.54) is 19.2 Å². The first kappa shape index (κ1) is 16.5. The Bertz CT molecular complexity index is 696. The van der Waals surface area contributed by atoms with E-state index in [2.05, 4.69) is 15.3 Å². The van der Waals surface area contributed by atoms with Gasteiger partial charge in [0.2, 0.25) is 0 Å². The van der Waals surface area contributed by atoms with Crippen molar-refractivity contribution in [2.45, 2.75) is 6.18 Å². The molecule has 0 aliphatic heterocycles. The Balaban J connectivity index is 2.40. The molecule has 4 nitrogen and oxygen atoms in total. The lowest BCUT2D eigenvalue weighted by Gasteiger charge is -2.09. The summed E-state index contributed by atoms with van der Waals surface area (Å²) in [6.07, 6.45) is -5.19. The van der Waals surface area contributed by atoms with Crippen molar-refractivity contribution in [2.75, 3.05) is 7.05 Å². The molecule has 0 saturated heterocycles. The highest BCUT2D eigenvalue weighted by molar-refractivity contribution is 6.12. The maximum Gasteiger partial charge on any atom is 0.433 e. The molecule has 120 valence electrons. The van der Waals surface area contributed by atoms with Gasteiger partial charge in [-0.15, -0.1) is 0 Å². The van der Waals surface area contributed by atoms with Crippen LogP contribution in [0.1, 0.15) is 16.7 Å². The third-order valence-corrected chi connectivity index (χ3v) is 2.96. The number of rotatable bonds is 3. The average molecular weight is 322 g/mol. The second-order valence-corrected chi connectivity index (χ2v) is 4.51. The van der Waals surface area contributed by atoms with Crippen LogP contribution in [-0.2, 0) is 11.0 Å². The van der Waals surface area contributed by atoms with E-state index in [1.807, 2.05) is 0 Å². The van der Waals surface area contributed by atoms with Crippen molar-refractivity contribution < 1.29 is 22.8 Å². The van der Waals surface area contributed by atoms with Gasteiger partial charge in [0.05, 0.1) is 5.56 Å². The Labute approximate surface area is 130 Å². The van der Waals surface area contributed by atoms with Crippen molar-refractivity contribution in [3.05, 3.63) is 71.3 Å². The molecule has 0 heterocycles. The van der Waals surface area contributed by atoms with Crippen LogP contribution in [0.25, 0.3) is 0 Å². The summed E-state index contributed by atoms with van der Waals surface area (Å²) in [4.78, 5) is 15.9. The molecule has 0 radical (unpaired) electrons. The second kappa shape index (κ2) is 6.95. The first-order valence-electron chi connectivity index (χ1n) is 6.61. The van der Waals surface area contributed by atoms with E-state index in [1.54, 1.807) is 30.3 Å². The van der Waals surface area contributed by atoms with Crippen LogP contribution in [0.4, 0.5) is 18.0 Å². The predicted molar refractivity (Wildman–Crippen MR) is 79.1 cm³/mol. The Hall–Kier alpha value is -2.83. The van der Waals surface area contributed by atoms with Crippen LogP contribution in [0, 0.1) is 0 Å². The first-order valence-corrected chi connectivity index (χ1v) is 6.61.